The molecule has 8 heteroatoms. The Morgan fingerprint density at radius 2 is 1.83 bits per heavy atom. The number of carbonyl (C=O) groups is 1. The smallest absolute Gasteiger partial charge is 0.248 e. The average Bonchev–Trinajstić information content (AvgIpc) is 2.75. The summed E-state index contributed by atoms with van der Waals surface area (Å²) in [7, 11) is 2.65. The highest BCUT2D eigenvalue weighted by atomic mass is 35.5. The van der Waals surface area contributed by atoms with Gasteiger partial charge in [-0.25, -0.2) is 0 Å². The van der Waals surface area contributed by atoms with Crippen molar-refractivity contribution in [3.63, 3.8) is 0 Å². The van der Waals surface area contributed by atoms with Crippen molar-refractivity contribution in [3.05, 3.63) is 70.7 Å². The van der Waals surface area contributed by atoms with E-state index in [1.54, 1.807) is 6.92 Å². The maximum atomic E-state index is 10.5. The molecule has 0 spiro atoms. The summed E-state index contributed by atoms with van der Waals surface area (Å²) >= 11 is 5.50. The topological polar surface area (TPSA) is 117 Å². The number of hydrogen-bond acceptors (Lipinski definition) is 5. The van der Waals surface area contributed by atoms with E-state index < -0.39 is 5.91 Å². The van der Waals surface area contributed by atoms with Crippen LogP contribution in [-0.2, 0) is 0 Å². The van der Waals surface area contributed by atoms with Gasteiger partial charge in [-0.2, -0.15) is 0 Å². The minimum Gasteiger partial charge on any atom is -0.506 e. The number of phenols is 1. The first-order valence-corrected chi connectivity index (χ1v) is 10.3. The second-order valence-electron chi connectivity index (χ2n) is 5.83. The maximum Gasteiger partial charge on any atom is 0.248 e. The first kappa shape index (κ1) is 25.4. The van der Waals surface area contributed by atoms with E-state index in [0.29, 0.717) is 6.61 Å². The van der Waals surface area contributed by atoms with Crippen molar-refractivity contribution >= 4 is 43.7 Å². The maximum absolute atomic E-state index is 10.5. The van der Waals surface area contributed by atoms with Gasteiger partial charge in [-0.3, -0.25) is 4.79 Å². The van der Waals surface area contributed by atoms with E-state index >= 15 is 0 Å². The van der Waals surface area contributed by atoms with Gasteiger partial charge in [0.25, 0.3) is 0 Å². The van der Waals surface area contributed by atoms with Crippen LogP contribution in [0.15, 0.2) is 54.6 Å². The molecule has 0 saturated heterocycles. The first-order valence-electron chi connectivity index (χ1n) is 9.13. The lowest BCUT2D eigenvalue weighted by Crippen LogP contribution is -2.10. The molecule has 1 unspecified atom stereocenters. The molecule has 30 heavy (non-hydrogen) atoms. The van der Waals surface area contributed by atoms with Gasteiger partial charge in [-0.05, 0) is 48.8 Å². The summed E-state index contributed by atoms with van der Waals surface area (Å²) in [6.07, 6.45) is 2.29. The molecule has 0 saturated carbocycles. The second kappa shape index (κ2) is 13.5. The third-order valence-corrected chi connectivity index (χ3v) is 4.22. The van der Waals surface area contributed by atoms with Crippen molar-refractivity contribution in [2.45, 2.75) is 6.92 Å². The Bertz CT molecular complexity index is 983. The number of amides is 1. The largest absolute Gasteiger partial charge is 0.506 e. The predicted octanol–water partition coefficient (Wildman–Crippen LogP) is 4.23. The van der Waals surface area contributed by atoms with Gasteiger partial charge in [-0.1, -0.05) is 35.9 Å². The van der Waals surface area contributed by atoms with Crippen LogP contribution in [0.2, 0.25) is 5.02 Å². The highest BCUT2D eigenvalue weighted by Gasteiger charge is 2.05. The summed E-state index contributed by atoms with van der Waals surface area (Å²) in [5, 5.41) is 26.1. The number of aliphatic hydroxyl groups is 1. The summed E-state index contributed by atoms with van der Waals surface area (Å²) in [6.45, 7) is 2.62. The van der Waals surface area contributed by atoms with E-state index in [4.69, 9.17) is 37.7 Å². The summed E-state index contributed by atoms with van der Waals surface area (Å²) in [5.74, 6) is 0.271. The van der Waals surface area contributed by atoms with Gasteiger partial charge in [0.15, 0.2) is 0 Å². The van der Waals surface area contributed by atoms with Crippen molar-refractivity contribution in [3.8, 4) is 11.5 Å². The monoisotopic (exact) mass is 448 g/mol. The Hall–Kier alpha value is -2.66. The van der Waals surface area contributed by atoms with E-state index in [1.807, 2.05) is 36.4 Å². The molecular weight excluding hydrogens is 423 g/mol. The fourth-order valence-corrected chi connectivity index (χ4v) is 2.67. The Labute approximate surface area is 183 Å². The van der Waals surface area contributed by atoms with Gasteiger partial charge in [0.2, 0.25) is 5.91 Å². The number of hydrogen-bond donors (Lipinski definition) is 4. The summed E-state index contributed by atoms with van der Waals surface area (Å²) in [5.41, 5.74) is 6.16. The van der Waals surface area contributed by atoms with Crippen molar-refractivity contribution in [2.75, 3.05) is 19.4 Å². The van der Waals surface area contributed by atoms with E-state index in [9.17, 15) is 4.79 Å². The van der Waals surface area contributed by atoms with Crippen LogP contribution in [0.1, 0.15) is 22.8 Å². The molecule has 0 aliphatic rings. The number of phenolic OH excluding ortho intramolecular Hbond substituents is 1. The van der Waals surface area contributed by atoms with E-state index in [1.165, 1.54) is 24.4 Å². The van der Waals surface area contributed by atoms with Crippen molar-refractivity contribution in [1.82, 2.24) is 0 Å². The molecule has 0 bridgehead atoms. The molecule has 0 radical (unpaired) electrons. The van der Waals surface area contributed by atoms with Crippen LogP contribution in [-0.4, -0.2) is 41.7 Å². The molecule has 0 aliphatic carbocycles. The fourth-order valence-electron chi connectivity index (χ4n) is 2.38. The number of benzene rings is 3. The van der Waals surface area contributed by atoms with Gasteiger partial charge < -0.3 is 26.1 Å². The van der Waals surface area contributed by atoms with Crippen LogP contribution in [0.3, 0.4) is 0 Å². The third-order valence-electron chi connectivity index (χ3n) is 3.68. The highest BCUT2D eigenvalue weighted by molar-refractivity contribution is 7.16. The lowest BCUT2D eigenvalue weighted by molar-refractivity contribution is 0.100. The Balaban J connectivity index is 0.000000280. The van der Waals surface area contributed by atoms with Gasteiger partial charge in [-0.15, -0.1) is 9.24 Å². The second-order valence-corrected chi connectivity index (χ2v) is 6.81. The lowest BCUT2D eigenvalue weighted by Gasteiger charge is -2.09. The Morgan fingerprint density at radius 1 is 1.20 bits per heavy atom. The third kappa shape index (κ3) is 7.64. The molecule has 6 nitrogen and oxygen atoms in total. The number of aliphatic hydroxyl groups excluding tert-OH is 1. The molecule has 3 rings (SSSR count). The quantitative estimate of drug-likeness (QED) is 0.345. The van der Waals surface area contributed by atoms with Crippen LogP contribution in [0, 0.1) is 5.41 Å². The van der Waals surface area contributed by atoms with E-state index in [-0.39, 0.29) is 22.9 Å². The van der Waals surface area contributed by atoms with Gasteiger partial charge in [0.05, 0.1) is 11.6 Å². The van der Waals surface area contributed by atoms with Gasteiger partial charge >= 0.3 is 0 Å². The number of fused-ring (bicyclic) bond motifs is 1. The zero-order valence-electron chi connectivity index (χ0n) is 16.6. The number of ether oxygens (including phenoxy) is 1. The number of carbonyl (C=O) groups excluding carboxylic acids is 1. The molecule has 160 valence electrons. The molecule has 3 aromatic carbocycles. The summed E-state index contributed by atoms with van der Waals surface area (Å²) in [4.78, 5) is 10.5. The molecule has 0 aliphatic heterocycles. The van der Waals surface area contributed by atoms with Crippen LogP contribution in [0.25, 0.3) is 10.8 Å². The van der Waals surface area contributed by atoms with Gasteiger partial charge in [0.1, 0.15) is 11.5 Å². The number of nitrogens with two attached hydrogens (primary N) is 1. The minimum absolute atomic E-state index is 0.0586. The standard InChI is InChI=1S/C13H14NOP.C7H6ClNO2.C2H6O/c14-9-10-5-6-13(15-7-8-16)12-4-2-1-3-11(10)12;8-5-3-4(7(9)11)1-2-6(5)10;1-2-3/h1-6,9,14H,7-8,16H2;1-3,10H,(H2,9,11);3H,2H2,1H3. The predicted molar refractivity (Wildman–Crippen MR) is 126 cm³/mol. The van der Waals surface area contributed by atoms with Crippen LogP contribution >= 0.6 is 20.8 Å². The molecule has 1 amide bonds. The van der Waals surface area contributed by atoms with Gasteiger partial charge in [0, 0.05) is 29.3 Å². The Morgan fingerprint density at radius 3 is 2.37 bits per heavy atom. The summed E-state index contributed by atoms with van der Waals surface area (Å²) in [6, 6.07) is 15.9. The molecule has 0 heterocycles. The number of primary amides is 1. The van der Waals surface area contributed by atoms with Crippen molar-refractivity contribution < 1.29 is 19.7 Å². The molecular formula is C22H26ClN2O4P. The summed E-state index contributed by atoms with van der Waals surface area (Å²) < 4.78 is 5.67. The molecule has 5 N–H and O–H groups in total. The fraction of sp³-hybridized carbons (Fsp3) is 0.182. The highest BCUT2D eigenvalue weighted by Crippen LogP contribution is 2.27. The normalized spacial score (nSPS) is 9.60. The van der Waals surface area contributed by atoms with Crippen molar-refractivity contribution in [1.29, 1.82) is 5.41 Å². The SMILES string of the molecule is CCO.N=Cc1ccc(OCCP)c2ccccc12.NC(=O)c1ccc(O)c(Cl)c1. The van der Waals surface area contributed by atoms with E-state index in [2.05, 4.69) is 9.24 Å². The zero-order valence-corrected chi connectivity index (χ0v) is 18.5. The number of halogens is 1. The first-order chi connectivity index (χ1) is 14.4. The molecule has 0 aromatic heterocycles. The molecule has 3 aromatic rings. The van der Waals surface area contributed by atoms with Crippen LogP contribution < -0.4 is 10.5 Å². The molecule has 0 fully saturated rings. The van der Waals surface area contributed by atoms with Crippen LogP contribution in [0.5, 0.6) is 11.5 Å². The Kier molecular flexibility index (Phi) is 11.5. The average molecular weight is 449 g/mol. The van der Waals surface area contributed by atoms with E-state index in [0.717, 1.165) is 28.2 Å². The number of nitrogens with one attached hydrogen (secondary N) is 1. The minimum atomic E-state index is -0.563. The number of rotatable bonds is 5. The molecule has 1 atom stereocenters. The van der Waals surface area contributed by atoms with Crippen LogP contribution in [0.4, 0.5) is 0 Å². The number of aromatic hydroxyl groups is 1. The lowest BCUT2D eigenvalue weighted by atomic mass is 10.0. The zero-order chi connectivity index (χ0) is 22.5. The van der Waals surface area contributed by atoms with Crippen molar-refractivity contribution in [2.24, 2.45) is 5.73 Å².